The monoisotopic (exact) mass is 355 g/mol. The number of methoxy groups -OCH3 is 2. The predicted molar refractivity (Wildman–Crippen MR) is 100 cm³/mol. The van der Waals surface area contributed by atoms with E-state index < -0.39 is 0 Å². The Balaban J connectivity index is 2.00. The van der Waals surface area contributed by atoms with Crippen molar-refractivity contribution in [2.45, 2.75) is 13.5 Å². The highest BCUT2D eigenvalue weighted by atomic mass is 16.5. The van der Waals surface area contributed by atoms with E-state index in [9.17, 15) is 9.59 Å². The molecule has 7 nitrogen and oxygen atoms in total. The lowest BCUT2D eigenvalue weighted by Gasteiger charge is -2.12. The molecule has 1 amide bonds. The summed E-state index contributed by atoms with van der Waals surface area (Å²) in [6.45, 7) is 2.48. The summed E-state index contributed by atoms with van der Waals surface area (Å²) < 4.78 is 13.8. The number of carbonyl (C=O) groups excluding carboxylic acids is 1. The highest BCUT2D eigenvalue weighted by Gasteiger charge is 2.17. The number of rotatable bonds is 5. The third kappa shape index (κ3) is 2.92. The maximum absolute atomic E-state index is 12.8. The number of aryl methyl sites for hydroxylation is 2. The molecule has 0 saturated carbocycles. The van der Waals surface area contributed by atoms with Crippen molar-refractivity contribution in [1.82, 2.24) is 9.13 Å². The van der Waals surface area contributed by atoms with E-state index >= 15 is 0 Å². The van der Waals surface area contributed by atoms with Crippen LogP contribution in [0.1, 0.15) is 17.4 Å². The number of hydrogen-bond acceptors (Lipinski definition) is 4. The van der Waals surface area contributed by atoms with E-state index in [1.54, 1.807) is 53.8 Å². The van der Waals surface area contributed by atoms with Gasteiger partial charge in [0.15, 0.2) is 0 Å². The SMILES string of the molecule is CCn1ccc2c(cc(C(=O)Nc3ccc(OC)cc3OC)n2C)c1=O. The second-order valence-corrected chi connectivity index (χ2v) is 5.81. The molecule has 2 heterocycles. The van der Waals surface area contributed by atoms with Crippen LogP contribution >= 0.6 is 0 Å². The first kappa shape index (κ1) is 17.6. The molecule has 0 saturated heterocycles. The topological polar surface area (TPSA) is 74.5 Å². The van der Waals surface area contributed by atoms with Crippen LogP contribution in [0, 0.1) is 0 Å². The maximum atomic E-state index is 12.8. The van der Waals surface area contributed by atoms with Gasteiger partial charge in [-0.1, -0.05) is 0 Å². The van der Waals surface area contributed by atoms with E-state index in [2.05, 4.69) is 5.32 Å². The Morgan fingerprint density at radius 3 is 2.58 bits per heavy atom. The Morgan fingerprint density at radius 1 is 1.15 bits per heavy atom. The first-order valence-corrected chi connectivity index (χ1v) is 8.22. The van der Waals surface area contributed by atoms with Crippen LogP contribution < -0.4 is 20.3 Å². The van der Waals surface area contributed by atoms with Crippen molar-refractivity contribution >= 4 is 22.5 Å². The number of fused-ring (bicyclic) bond motifs is 1. The normalized spacial score (nSPS) is 10.8. The van der Waals surface area contributed by atoms with Gasteiger partial charge in [0, 0.05) is 25.9 Å². The molecule has 0 unspecified atom stereocenters. The molecule has 0 aliphatic heterocycles. The average molecular weight is 355 g/mol. The van der Waals surface area contributed by atoms with Crippen molar-refractivity contribution in [3.8, 4) is 11.5 Å². The van der Waals surface area contributed by atoms with E-state index in [1.807, 2.05) is 13.0 Å². The first-order valence-electron chi connectivity index (χ1n) is 8.22. The molecule has 0 fully saturated rings. The van der Waals surface area contributed by atoms with Gasteiger partial charge in [0.1, 0.15) is 17.2 Å². The van der Waals surface area contributed by atoms with Gasteiger partial charge in [-0.15, -0.1) is 0 Å². The van der Waals surface area contributed by atoms with Gasteiger partial charge in [-0.3, -0.25) is 9.59 Å². The highest BCUT2D eigenvalue weighted by Crippen LogP contribution is 2.29. The minimum Gasteiger partial charge on any atom is -0.497 e. The third-order valence-corrected chi connectivity index (χ3v) is 4.41. The Labute approximate surface area is 150 Å². The number of ether oxygens (including phenoxy) is 2. The summed E-state index contributed by atoms with van der Waals surface area (Å²) in [6.07, 6.45) is 1.73. The molecule has 136 valence electrons. The van der Waals surface area contributed by atoms with Crippen molar-refractivity contribution in [2.24, 2.45) is 7.05 Å². The van der Waals surface area contributed by atoms with Gasteiger partial charge >= 0.3 is 0 Å². The summed E-state index contributed by atoms with van der Waals surface area (Å²) in [5, 5.41) is 3.35. The van der Waals surface area contributed by atoms with Gasteiger partial charge < -0.3 is 23.9 Å². The summed E-state index contributed by atoms with van der Waals surface area (Å²) in [7, 11) is 4.85. The van der Waals surface area contributed by atoms with E-state index in [0.717, 1.165) is 0 Å². The molecule has 2 aromatic heterocycles. The number of nitrogens with zero attached hydrogens (tertiary/aromatic N) is 2. The quantitative estimate of drug-likeness (QED) is 0.763. The van der Waals surface area contributed by atoms with E-state index in [0.29, 0.717) is 40.3 Å². The van der Waals surface area contributed by atoms with Crippen molar-refractivity contribution in [3.63, 3.8) is 0 Å². The van der Waals surface area contributed by atoms with E-state index in [4.69, 9.17) is 9.47 Å². The summed E-state index contributed by atoms with van der Waals surface area (Å²) in [4.78, 5) is 25.2. The lowest BCUT2D eigenvalue weighted by molar-refractivity contribution is 0.101. The number of benzene rings is 1. The number of pyridine rings is 1. The second kappa shape index (κ2) is 6.95. The molecule has 7 heteroatoms. The molecule has 1 aromatic carbocycles. The average Bonchev–Trinajstić information content (AvgIpc) is 3.00. The predicted octanol–water partition coefficient (Wildman–Crippen LogP) is 2.63. The van der Waals surface area contributed by atoms with Gasteiger partial charge in [0.2, 0.25) is 0 Å². The molecular weight excluding hydrogens is 334 g/mol. The van der Waals surface area contributed by atoms with Crippen LogP contribution in [0.25, 0.3) is 10.9 Å². The number of amides is 1. The van der Waals surface area contributed by atoms with Crippen LogP contribution in [-0.2, 0) is 13.6 Å². The van der Waals surface area contributed by atoms with Crippen molar-refractivity contribution in [2.75, 3.05) is 19.5 Å². The van der Waals surface area contributed by atoms with Crippen molar-refractivity contribution < 1.29 is 14.3 Å². The molecule has 3 rings (SSSR count). The lowest BCUT2D eigenvalue weighted by Crippen LogP contribution is -2.17. The summed E-state index contributed by atoms with van der Waals surface area (Å²) in [6, 6.07) is 8.60. The minimum atomic E-state index is -0.324. The molecule has 0 bridgehead atoms. The third-order valence-electron chi connectivity index (χ3n) is 4.41. The second-order valence-electron chi connectivity index (χ2n) is 5.81. The molecule has 0 spiro atoms. The number of anilines is 1. The number of aromatic nitrogens is 2. The smallest absolute Gasteiger partial charge is 0.272 e. The zero-order valence-corrected chi connectivity index (χ0v) is 15.2. The van der Waals surface area contributed by atoms with Gasteiger partial charge in [-0.2, -0.15) is 0 Å². The Hall–Kier alpha value is -3.22. The van der Waals surface area contributed by atoms with Crippen LogP contribution in [0.5, 0.6) is 11.5 Å². The minimum absolute atomic E-state index is 0.110. The highest BCUT2D eigenvalue weighted by molar-refractivity contribution is 6.07. The largest absolute Gasteiger partial charge is 0.497 e. The molecule has 0 atom stereocenters. The van der Waals surface area contributed by atoms with Crippen molar-refractivity contribution in [1.29, 1.82) is 0 Å². The Morgan fingerprint density at radius 2 is 1.92 bits per heavy atom. The fourth-order valence-electron chi connectivity index (χ4n) is 2.93. The fourth-order valence-corrected chi connectivity index (χ4v) is 2.93. The molecule has 0 aliphatic rings. The van der Waals surface area contributed by atoms with Crippen LogP contribution in [0.2, 0.25) is 0 Å². The number of hydrogen-bond donors (Lipinski definition) is 1. The first-order chi connectivity index (χ1) is 12.5. The van der Waals surface area contributed by atoms with Crippen molar-refractivity contribution in [3.05, 3.63) is 52.6 Å². The lowest BCUT2D eigenvalue weighted by atomic mass is 10.2. The molecule has 3 aromatic rings. The van der Waals surface area contributed by atoms with E-state index in [-0.39, 0.29) is 11.5 Å². The zero-order chi connectivity index (χ0) is 18.8. The molecule has 0 aliphatic carbocycles. The van der Waals surface area contributed by atoms with Gasteiger partial charge in [0.25, 0.3) is 11.5 Å². The van der Waals surface area contributed by atoms with Crippen LogP contribution in [0.15, 0.2) is 41.3 Å². The molecule has 0 radical (unpaired) electrons. The zero-order valence-electron chi connectivity index (χ0n) is 15.2. The maximum Gasteiger partial charge on any atom is 0.272 e. The summed E-state index contributed by atoms with van der Waals surface area (Å²) in [5.41, 5.74) is 1.52. The van der Waals surface area contributed by atoms with Gasteiger partial charge in [0.05, 0.1) is 30.8 Å². The number of nitrogens with one attached hydrogen (secondary N) is 1. The Bertz CT molecular complexity index is 1030. The molecule has 26 heavy (non-hydrogen) atoms. The van der Waals surface area contributed by atoms with Gasteiger partial charge in [-0.05, 0) is 31.2 Å². The van der Waals surface area contributed by atoms with Gasteiger partial charge in [-0.25, -0.2) is 0 Å². The molecular formula is C19H21N3O4. The van der Waals surface area contributed by atoms with Crippen LogP contribution in [0.4, 0.5) is 5.69 Å². The fraction of sp³-hybridized carbons (Fsp3) is 0.263. The van der Waals surface area contributed by atoms with Crippen LogP contribution in [-0.4, -0.2) is 29.3 Å². The molecule has 1 N–H and O–H groups in total. The van der Waals surface area contributed by atoms with Crippen LogP contribution in [0.3, 0.4) is 0 Å². The Kier molecular flexibility index (Phi) is 4.71. The summed E-state index contributed by atoms with van der Waals surface area (Å²) >= 11 is 0. The van der Waals surface area contributed by atoms with E-state index in [1.165, 1.54) is 7.11 Å². The number of carbonyl (C=O) groups is 1. The standard InChI is InChI=1S/C19H21N3O4/c1-5-22-9-8-15-13(19(22)24)11-16(21(15)2)18(23)20-14-7-6-12(25-3)10-17(14)26-4/h6-11H,5H2,1-4H3,(H,20,23). The summed E-state index contributed by atoms with van der Waals surface area (Å²) in [5.74, 6) is 0.795.